The van der Waals surface area contributed by atoms with Crippen LogP contribution in [0.2, 0.25) is 0 Å². The van der Waals surface area contributed by atoms with Crippen LogP contribution in [0.5, 0.6) is 11.5 Å². The summed E-state index contributed by atoms with van der Waals surface area (Å²) in [5.41, 5.74) is 1.54. The third kappa shape index (κ3) is 3.48. The summed E-state index contributed by atoms with van der Waals surface area (Å²) in [7, 11) is 3.09. The molecule has 3 aromatic rings. The van der Waals surface area contributed by atoms with Crippen LogP contribution in [-0.2, 0) is 17.6 Å². The number of fused-ring (bicyclic) bond motifs is 3. The number of methoxy groups -OCH3 is 2. The molecule has 0 saturated carbocycles. The van der Waals surface area contributed by atoms with Gasteiger partial charge in [0.2, 0.25) is 5.91 Å². The molecule has 8 heteroatoms. The topological polar surface area (TPSA) is 82.5 Å². The molecule has 1 N–H and O–H groups in total. The molecule has 1 unspecified atom stereocenters. The minimum atomic E-state index is -0.702. The summed E-state index contributed by atoms with van der Waals surface area (Å²) < 4.78 is 11.9. The molecule has 4 rings (SSSR count). The van der Waals surface area contributed by atoms with E-state index in [9.17, 15) is 9.59 Å². The number of amides is 1. The number of ether oxygens (including phenoxy) is 2. The Bertz CT molecular complexity index is 1130. The highest BCUT2D eigenvalue weighted by atomic mass is 32.1. The second-order valence-corrected chi connectivity index (χ2v) is 8.17. The summed E-state index contributed by atoms with van der Waals surface area (Å²) in [6, 6.07) is 4.43. The average Bonchev–Trinajstić information content (AvgIpc) is 3.12. The predicted octanol–water partition coefficient (Wildman–Crippen LogP) is 3.55. The molecule has 1 aromatic carbocycles. The van der Waals surface area contributed by atoms with Gasteiger partial charge in [0, 0.05) is 16.6 Å². The van der Waals surface area contributed by atoms with Gasteiger partial charge in [0.05, 0.1) is 25.9 Å². The quantitative estimate of drug-likeness (QED) is 0.692. The Balaban J connectivity index is 1.63. The van der Waals surface area contributed by atoms with Crippen LogP contribution < -0.4 is 20.3 Å². The number of nitrogens with one attached hydrogen (secondary N) is 1. The third-order valence-electron chi connectivity index (χ3n) is 5.35. The Morgan fingerprint density at radius 2 is 1.97 bits per heavy atom. The minimum Gasteiger partial charge on any atom is -0.493 e. The number of hydrogen-bond acceptors (Lipinski definition) is 6. The van der Waals surface area contributed by atoms with E-state index >= 15 is 0 Å². The van der Waals surface area contributed by atoms with Gasteiger partial charge in [-0.25, -0.2) is 4.98 Å². The van der Waals surface area contributed by atoms with Crippen molar-refractivity contribution in [2.45, 2.75) is 38.6 Å². The van der Waals surface area contributed by atoms with Crippen LogP contribution in [0.15, 0.2) is 29.3 Å². The number of thiophene rings is 1. The van der Waals surface area contributed by atoms with Crippen molar-refractivity contribution in [3.63, 3.8) is 0 Å². The Morgan fingerprint density at radius 1 is 1.21 bits per heavy atom. The van der Waals surface area contributed by atoms with Crippen molar-refractivity contribution in [1.29, 1.82) is 0 Å². The molecule has 29 heavy (non-hydrogen) atoms. The van der Waals surface area contributed by atoms with Crippen molar-refractivity contribution in [2.75, 3.05) is 19.5 Å². The lowest BCUT2D eigenvalue weighted by atomic mass is 9.97. The predicted molar refractivity (Wildman–Crippen MR) is 113 cm³/mol. The van der Waals surface area contributed by atoms with Gasteiger partial charge in [-0.3, -0.25) is 14.2 Å². The molecule has 0 bridgehead atoms. The molecule has 152 valence electrons. The molecule has 1 aliphatic rings. The monoisotopic (exact) mass is 413 g/mol. The van der Waals surface area contributed by atoms with E-state index in [1.807, 2.05) is 0 Å². The number of aromatic nitrogens is 2. The van der Waals surface area contributed by atoms with E-state index in [0.29, 0.717) is 22.6 Å². The molecule has 1 amide bonds. The largest absolute Gasteiger partial charge is 0.493 e. The molecule has 0 aliphatic heterocycles. The lowest BCUT2D eigenvalue weighted by Crippen LogP contribution is -2.32. The molecule has 2 aromatic heterocycles. The second kappa shape index (κ2) is 7.87. The van der Waals surface area contributed by atoms with Crippen molar-refractivity contribution in [2.24, 2.45) is 0 Å². The number of carbonyl (C=O) groups excluding carboxylic acids is 1. The van der Waals surface area contributed by atoms with Gasteiger partial charge in [-0.1, -0.05) is 0 Å². The fourth-order valence-electron chi connectivity index (χ4n) is 3.72. The molecule has 0 saturated heterocycles. The summed E-state index contributed by atoms with van der Waals surface area (Å²) in [5, 5.41) is 3.52. The van der Waals surface area contributed by atoms with Crippen LogP contribution in [0.25, 0.3) is 10.2 Å². The van der Waals surface area contributed by atoms with Crippen LogP contribution in [-0.4, -0.2) is 29.7 Å². The van der Waals surface area contributed by atoms with Gasteiger partial charge in [0.1, 0.15) is 10.9 Å². The van der Waals surface area contributed by atoms with E-state index < -0.39 is 6.04 Å². The Labute approximate surface area is 172 Å². The summed E-state index contributed by atoms with van der Waals surface area (Å²) >= 11 is 1.60. The lowest BCUT2D eigenvalue weighted by Gasteiger charge is -2.16. The van der Waals surface area contributed by atoms with E-state index in [1.54, 1.807) is 43.6 Å². The van der Waals surface area contributed by atoms with Crippen molar-refractivity contribution in [3.05, 3.63) is 45.3 Å². The Kier molecular flexibility index (Phi) is 5.27. The maximum atomic E-state index is 13.2. The first-order chi connectivity index (χ1) is 14.0. The lowest BCUT2D eigenvalue weighted by molar-refractivity contribution is -0.118. The molecule has 0 spiro atoms. The van der Waals surface area contributed by atoms with Gasteiger partial charge in [0.25, 0.3) is 5.56 Å². The molecule has 1 atom stereocenters. The van der Waals surface area contributed by atoms with Gasteiger partial charge >= 0.3 is 0 Å². The maximum absolute atomic E-state index is 13.2. The van der Waals surface area contributed by atoms with E-state index in [-0.39, 0.29) is 11.5 Å². The first kappa shape index (κ1) is 19.4. The smallest absolute Gasteiger partial charge is 0.263 e. The zero-order valence-electron chi connectivity index (χ0n) is 16.7. The summed E-state index contributed by atoms with van der Waals surface area (Å²) in [4.78, 5) is 32.5. The van der Waals surface area contributed by atoms with Crippen molar-refractivity contribution >= 4 is 33.1 Å². The highest BCUT2D eigenvalue weighted by Gasteiger charge is 2.23. The molecular weight excluding hydrogens is 390 g/mol. The van der Waals surface area contributed by atoms with Gasteiger partial charge < -0.3 is 14.8 Å². The van der Waals surface area contributed by atoms with Gasteiger partial charge in [-0.05, 0) is 50.3 Å². The number of benzene rings is 1. The number of nitrogens with zero attached hydrogens (tertiary/aromatic N) is 2. The van der Waals surface area contributed by atoms with Gasteiger partial charge in [0.15, 0.2) is 11.5 Å². The van der Waals surface area contributed by atoms with E-state index in [2.05, 4.69) is 10.3 Å². The van der Waals surface area contributed by atoms with Crippen LogP contribution in [0, 0.1) is 0 Å². The number of aryl methyl sites for hydroxylation is 2. The SMILES string of the molecule is COc1ccc(NC(=O)C(C)n2cnc3sc4c(c3c2=O)CCCC4)cc1OC. The second-order valence-electron chi connectivity index (χ2n) is 7.08. The third-order valence-corrected chi connectivity index (χ3v) is 6.55. The highest BCUT2D eigenvalue weighted by molar-refractivity contribution is 7.18. The standard InChI is InChI=1S/C21H23N3O4S/c1-12(19(25)23-13-8-9-15(27-2)16(10-13)28-3)24-11-22-20-18(21(24)26)14-6-4-5-7-17(14)29-20/h8-12H,4-7H2,1-3H3,(H,23,25). The molecular formula is C21H23N3O4S. The molecule has 1 aliphatic carbocycles. The first-order valence-electron chi connectivity index (χ1n) is 9.57. The van der Waals surface area contributed by atoms with Crippen molar-refractivity contribution in [3.8, 4) is 11.5 Å². The molecule has 0 radical (unpaired) electrons. The summed E-state index contributed by atoms with van der Waals surface area (Å²) in [6.07, 6.45) is 5.62. The fourth-order valence-corrected chi connectivity index (χ4v) is 4.94. The minimum absolute atomic E-state index is 0.149. The van der Waals surface area contributed by atoms with Crippen LogP contribution >= 0.6 is 11.3 Å². The van der Waals surface area contributed by atoms with Gasteiger partial charge in [-0.2, -0.15) is 0 Å². The number of hydrogen-bond donors (Lipinski definition) is 1. The Morgan fingerprint density at radius 3 is 2.72 bits per heavy atom. The maximum Gasteiger partial charge on any atom is 0.263 e. The zero-order valence-corrected chi connectivity index (χ0v) is 17.5. The van der Waals surface area contributed by atoms with Crippen LogP contribution in [0.3, 0.4) is 0 Å². The number of anilines is 1. The molecule has 7 nitrogen and oxygen atoms in total. The Hall–Kier alpha value is -2.87. The number of rotatable bonds is 5. The summed E-state index contributed by atoms with van der Waals surface area (Å²) in [5.74, 6) is 0.791. The van der Waals surface area contributed by atoms with Crippen molar-refractivity contribution < 1.29 is 14.3 Å². The van der Waals surface area contributed by atoms with Gasteiger partial charge in [-0.15, -0.1) is 11.3 Å². The zero-order chi connectivity index (χ0) is 20.5. The van der Waals surface area contributed by atoms with Crippen LogP contribution in [0.1, 0.15) is 36.2 Å². The average molecular weight is 413 g/mol. The van der Waals surface area contributed by atoms with E-state index in [0.717, 1.165) is 36.1 Å². The highest BCUT2D eigenvalue weighted by Crippen LogP contribution is 2.34. The fraction of sp³-hybridized carbons (Fsp3) is 0.381. The summed E-state index contributed by atoms with van der Waals surface area (Å²) in [6.45, 7) is 1.70. The normalized spacial score (nSPS) is 14.3. The molecule has 0 fully saturated rings. The van der Waals surface area contributed by atoms with Crippen molar-refractivity contribution in [1.82, 2.24) is 9.55 Å². The van der Waals surface area contributed by atoms with E-state index in [4.69, 9.17) is 9.47 Å². The first-order valence-corrected chi connectivity index (χ1v) is 10.4. The molecule has 2 heterocycles. The van der Waals surface area contributed by atoms with Crippen LogP contribution in [0.4, 0.5) is 5.69 Å². The van der Waals surface area contributed by atoms with E-state index in [1.165, 1.54) is 22.9 Å². The number of carbonyl (C=O) groups is 1.